The minimum Gasteiger partial charge on any atom is -0.264 e. The van der Waals surface area contributed by atoms with Gasteiger partial charge in [0.2, 0.25) is 6.04 Å². The summed E-state index contributed by atoms with van der Waals surface area (Å²) in [4.78, 5) is 9.75. The van der Waals surface area contributed by atoms with Crippen LogP contribution in [0.25, 0.3) is 0 Å². The molecular weight excluding hydrogens is 132 g/mol. The number of rotatable bonds is 3. The molecule has 2 unspecified atom stereocenters. The monoisotopic (exact) mass is 142 g/mol. The van der Waals surface area contributed by atoms with Gasteiger partial charge in [0.25, 0.3) is 0 Å². The Morgan fingerprint density at radius 2 is 2.20 bits per heavy atom. The third-order valence-electron chi connectivity index (χ3n) is 1.57. The van der Waals surface area contributed by atoms with Crippen LogP contribution in [-0.2, 0) is 0 Å². The van der Waals surface area contributed by atoms with Gasteiger partial charge in [-0.15, -0.1) is 0 Å². The average molecular weight is 142 g/mol. The first-order valence-electron chi connectivity index (χ1n) is 3.10. The maximum atomic E-state index is 10.1. The van der Waals surface area contributed by atoms with E-state index in [1.54, 1.807) is 6.92 Å². The van der Waals surface area contributed by atoms with E-state index >= 15 is 0 Å². The van der Waals surface area contributed by atoms with Crippen LogP contribution in [0.4, 0.5) is 0 Å². The Hall–Kier alpha value is -1.11. The van der Waals surface area contributed by atoms with Crippen LogP contribution in [0.5, 0.6) is 0 Å². The highest BCUT2D eigenvalue weighted by atomic mass is 16.6. The highest BCUT2D eigenvalue weighted by molar-refractivity contribution is 4.75. The molecule has 0 amide bonds. The van der Waals surface area contributed by atoms with Crippen LogP contribution in [0.2, 0.25) is 0 Å². The molecule has 0 spiro atoms. The van der Waals surface area contributed by atoms with Crippen LogP contribution in [0, 0.1) is 27.4 Å². The summed E-state index contributed by atoms with van der Waals surface area (Å²) in [7, 11) is 0. The highest BCUT2D eigenvalue weighted by Crippen LogP contribution is 2.08. The van der Waals surface area contributed by atoms with E-state index in [1.165, 1.54) is 6.92 Å². The summed E-state index contributed by atoms with van der Waals surface area (Å²) in [5.41, 5.74) is 0. The summed E-state index contributed by atoms with van der Waals surface area (Å²) >= 11 is 0. The topological polar surface area (TPSA) is 66.9 Å². The van der Waals surface area contributed by atoms with Gasteiger partial charge in [0.15, 0.2) is 0 Å². The van der Waals surface area contributed by atoms with E-state index in [1.807, 2.05) is 6.07 Å². The van der Waals surface area contributed by atoms with Gasteiger partial charge in [-0.05, 0) is 0 Å². The fourth-order valence-electron chi connectivity index (χ4n) is 0.522. The van der Waals surface area contributed by atoms with E-state index in [0.29, 0.717) is 0 Å². The Bertz CT molecular complexity index is 162. The number of nitriles is 1. The van der Waals surface area contributed by atoms with Gasteiger partial charge in [-0.1, -0.05) is 6.92 Å². The highest BCUT2D eigenvalue weighted by Gasteiger charge is 2.20. The maximum Gasteiger partial charge on any atom is 0.213 e. The number of hydrogen-bond donors (Lipinski definition) is 0. The molecule has 0 aliphatic heterocycles. The van der Waals surface area contributed by atoms with Crippen molar-refractivity contribution in [2.45, 2.75) is 26.3 Å². The molecule has 56 valence electrons. The molecule has 0 N–H and O–H groups in total. The zero-order valence-corrected chi connectivity index (χ0v) is 6.07. The van der Waals surface area contributed by atoms with Crippen LogP contribution in [0.3, 0.4) is 0 Å². The van der Waals surface area contributed by atoms with Gasteiger partial charge in [-0.25, -0.2) is 0 Å². The largest absolute Gasteiger partial charge is 0.264 e. The second-order valence-corrected chi connectivity index (χ2v) is 2.37. The van der Waals surface area contributed by atoms with Crippen LogP contribution >= 0.6 is 0 Å². The second-order valence-electron chi connectivity index (χ2n) is 2.37. The summed E-state index contributed by atoms with van der Waals surface area (Å²) in [6, 6.07) is 1.29. The molecule has 0 heterocycles. The molecule has 0 saturated heterocycles. The first-order valence-corrected chi connectivity index (χ1v) is 3.10. The third-order valence-corrected chi connectivity index (χ3v) is 1.57. The summed E-state index contributed by atoms with van der Waals surface area (Å²) < 4.78 is 0. The predicted molar refractivity (Wildman–Crippen MR) is 35.9 cm³/mol. The van der Waals surface area contributed by atoms with Gasteiger partial charge >= 0.3 is 0 Å². The van der Waals surface area contributed by atoms with Crippen molar-refractivity contribution in [1.82, 2.24) is 0 Å². The molecule has 0 aromatic carbocycles. The van der Waals surface area contributed by atoms with Crippen molar-refractivity contribution in [2.24, 2.45) is 5.92 Å². The molecule has 4 nitrogen and oxygen atoms in total. The molecule has 0 bridgehead atoms. The van der Waals surface area contributed by atoms with Gasteiger partial charge in [-0.3, -0.25) is 10.1 Å². The van der Waals surface area contributed by atoms with Crippen molar-refractivity contribution in [1.29, 1.82) is 5.26 Å². The summed E-state index contributed by atoms with van der Waals surface area (Å²) in [6.45, 7) is 3.22. The van der Waals surface area contributed by atoms with E-state index in [0.717, 1.165) is 0 Å². The number of nitro groups is 1. The van der Waals surface area contributed by atoms with Crippen molar-refractivity contribution in [3.8, 4) is 6.07 Å². The average Bonchev–Trinajstić information content (AvgIpc) is 1.87. The Balaban J connectivity index is 3.84. The fourth-order valence-corrected chi connectivity index (χ4v) is 0.522. The van der Waals surface area contributed by atoms with Gasteiger partial charge in [0.1, 0.15) is 0 Å². The van der Waals surface area contributed by atoms with E-state index in [4.69, 9.17) is 5.26 Å². The quantitative estimate of drug-likeness (QED) is 0.439. The van der Waals surface area contributed by atoms with Crippen LogP contribution < -0.4 is 0 Å². The molecule has 4 heteroatoms. The summed E-state index contributed by atoms with van der Waals surface area (Å²) in [5.74, 6) is -0.153. The van der Waals surface area contributed by atoms with Crippen molar-refractivity contribution in [3.63, 3.8) is 0 Å². The van der Waals surface area contributed by atoms with Crippen molar-refractivity contribution < 1.29 is 4.92 Å². The Morgan fingerprint density at radius 3 is 2.50 bits per heavy atom. The summed E-state index contributed by atoms with van der Waals surface area (Å²) in [6.07, 6.45) is 0.252. The van der Waals surface area contributed by atoms with Gasteiger partial charge in [0, 0.05) is 24.2 Å². The number of nitrogens with zero attached hydrogens (tertiary/aromatic N) is 2. The van der Waals surface area contributed by atoms with Crippen LogP contribution in [-0.4, -0.2) is 11.0 Å². The standard InChI is InChI=1S/C6H10N2O2/c1-5(3-4-7)6(2)8(9)10/h5-6H,3H2,1-2H3. The maximum absolute atomic E-state index is 10.1. The fraction of sp³-hybridized carbons (Fsp3) is 0.833. The van der Waals surface area contributed by atoms with Crippen molar-refractivity contribution >= 4 is 0 Å². The normalized spacial score (nSPS) is 15.3. The molecule has 0 rings (SSSR count). The molecular formula is C6H10N2O2. The summed E-state index contributed by atoms with van der Waals surface area (Å²) in [5, 5.41) is 18.3. The lowest BCUT2D eigenvalue weighted by molar-refractivity contribution is -0.526. The van der Waals surface area contributed by atoms with E-state index in [9.17, 15) is 10.1 Å². The SMILES string of the molecule is CC(CC#N)C(C)[N+](=O)[O-]. The minimum atomic E-state index is -0.611. The molecule has 0 aromatic heterocycles. The number of hydrogen-bond acceptors (Lipinski definition) is 3. The van der Waals surface area contributed by atoms with E-state index in [-0.39, 0.29) is 17.3 Å². The van der Waals surface area contributed by atoms with Gasteiger partial charge in [-0.2, -0.15) is 5.26 Å². The molecule has 0 aliphatic rings. The van der Waals surface area contributed by atoms with Crippen molar-refractivity contribution in [3.05, 3.63) is 10.1 Å². The third kappa shape index (κ3) is 2.44. The van der Waals surface area contributed by atoms with Crippen LogP contribution in [0.15, 0.2) is 0 Å². The molecule has 0 radical (unpaired) electrons. The van der Waals surface area contributed by atoms with Crippen LogP contribution in [0.1, 0.15) is 20.3 Å². The van der Waals surface area contributed by atoms with E-state index in [2.05, 4.69) is 0 Å². The van der Waals surface area contributed by atoms with Gasteiger partial charge < -0.3 is 0 Å². The Morgan fingerprint density at radius 1 is 1.70 bits per heavy atom. The zero-order valence-electron chi connectivity index (χ0n) is 6.07. The lowest BCUT2D eigenvalue weighted by Gasteiger charge is -2.07. The molecule has 2 atom stereocenters. The van der Waals surface area contributed by atoms with E-state index < -0.39 is 6.04 Å². The smallest absolute Gasteiger partial charge is 0.213 e. The van der Waals surface area contributed by atoms with Crippen molar-refractivity contribution in [2.75, 3.05) is 0 Å². The first kappa shape index (κ1) is 8.89. The zero-order chi connectivity index (χ0) is 8.15. The Kier molecular flexibility index (Phi) is 3.40. The molecule has 10 heavy (non-hydrogen) atoms. The molecule has 0 aromatic rings. The Labute approximate surface area is 59.6 Å². The minimum absolute atomic E-state index is 0.153. The molecule has 0 saturated carbocycles. The predicted octanol–water partition coefficient (Wildman–Crippen LogP) is 1.20. The molecule has 0 aliphatic carbocycles. The molecule has 0 fully saturated rings. The lowest BCUT2D eigenvalue weighted by atomic mass is 10.0. The lowest BCUT2D eigenvalue weighted by Crippen LogP contribution is -2.23. The van der Waals surface area contributed by atoms with Gasteiger partial charge in [0.05, 0.1) is 6.07 Å². The first-order chi connectivity index (χ1) is 4.59. The second kappa shape index (κ2) is 3.83.